The molecule has 0 aliphatic heterocycles. The van der Waals surface area contributed by atoms with E-state index in [1.54, 1.807) is 23.6 Å². The summed E-state index contributed by atoms with van der Waals surface area (Å²) >= 11 is 4.42. The van der Waals surface area contributed by atoms with Crippen molar-refractivity contribution in [2.75, 3.05) is 0 Å². The van der Waals surface area contributed by atoms with E-state index < -0.39 is 10.0 Å². The maximum atomic E-state index is 11.9. The first-order chi connectivity index (χ1) is 6.60. The minimum Gasteiger partial charge on any atom is -0.248 e. The van der Waals surface area contributed by atoms with Crippen LogP contribution < -0.4 is 0 Å². The first-order valence-corrected chi connectivity index (χ1v) is 6.84. The quantitative estimate of drug-likeness (QED) is 0.853. The SMILES string of the molecule is O=S(=O)(c1cc(Br)cs1)n1cccc1. The molecule has 0 aliphatic rings. The van der Waals surface area contributed by atoms with Crippen LogP contribution in [-0.4, -0.2) is 12.4 Å². The summed E-state index contributed by atoms with van der Waals surface area (Å²) in [5, 5.41) is 1.75. The van der Waals surface area contributed by atoms with E-state index in [0.717, 1.165) is 4.47 Å². The molecule has 0 atom stereocenters. The molecule has 0 aliphatic carbocycles. The molecular weight excluding hydrogens is 286 g/mol. The molecule has 0 aromatic carbocycles. The highest BCUT2D eigenvalue weighted by molar-refractivity contribution is 9.10. The van der Waals surface area contributed by atoms with E-state index in [9.17, 15) is 8.42 Å². The zero-order valence-corrected chi connectivity index (χ0v) is 10.1. The van der Waals surface area contributed by atoms with E-state index in [1.807, 2.05) is 0 Å². The van der Waals surface area contributed by atoms with Crippen LogP contribution in [0.15, 0.2) is 44.7 Å². The second-order valence-electron chi connectivity index (χ2n) is 2.60. The largest absolute Gasteiger partial charge is 0.277 e. The molecule has 0 saturated heterocycles. The zero-order valence-electron chi connectivity index (χ0n) is 6.92. The van der Waals surface area contributed by atoms with E-state index in [1.165, 1.54) is 27.7 Å². The Kier molecular flexibility index (Phi) is 2.50. The summed E-state index contributed by atoms with van der Waals surface area (Å²) in [5.41, 5.74) is 0. The van der Waals surface area contributed by atoms with Gasteiger partial charge in [-0.3, -0.25) is 0 Å². The van der Waals surface area contributed by atoms with E-state index in [-0.39, 0.29) is 0 Å². The van der Waals surface area contributed by atoms with Crippen LogP contribution in [0.5, 0.6) is 0 Å². The summed E-state index contributed by atoms with van der Waals surface area (Å²) in [6.07, 6.45) is 3.03. The number of thiophene rings is 1. The van der Waals surface area contributed by atoms with Gasteiger partial charge in [-0.2, -0.15) is 8.42 Å². The Hall–Kier alpha value is -0.590. The Balaban J connectivity index is 2.54. The maximum Gasteiger partial charge on any atom is 0.277 e. The molecule has 0 bridgehead atoms. The summed E-state index contributed by atoms with van der Waals surface area (Å²) in [4.78, 5) is 0. The van der Waals surface area contributed by atoms with Crippen LogP contribution in [0.4, 0.5) is 0 Å². The van der Waals surface area contributed by atoms with Gasteiger partial charge in [0.1, 0.15) is 4.21 Å². The van der Waals surface area contributed by atoms with E-state index in [2.05, 4.69) is 15.9 Å². The van der Waals surface area contributed by atoms with Gasteiger partial charge < -0.3 is 0 Å². The molecular formula is C8H6BrNO2S2. The van der Waals surface area contributed by atoms with Gasteiger partial charge in [-0.1, -0.05) is 0 Å². The predicted octanol–water partition coefficient (Wildman–Crippen LogP) is 2.55. The lowest BCUT2D eigenvalue weighted by atomic mass is 10.7. The molecule has 0 radical (unpaired) electrons. The van der Waals surface area contributed by atoms with Gasteiger partial charge >= 0.3 is 0 Å². The lowest BCUT2D eigenvalue weighted by Crippen LogP contribution is -2.08. The molecule has 2 heterocycles. The molecule has 2 aromatic rings. The third kappa shape index (κ3) is 1.65. The number of hydrogen-bond acceptors (Lipinski definition) is 3. The molecule has 0 amide bonds. The van der Waals surface area contributed by atoms with Gasteiger partial charge in [0.15, 0.2) is 0 Å². The molecule has 2 aromatic heterocycles. The summed E-state index contributed by atoms with van der Waals surface area (Å²) in [6.45, 7) is 0. The first kappa shape index (κ1) is 9.95. The third-order valence-corrected chi connectivity index (χ3v) is 5.48. The van der Waals surface area contributed by atoms with Gasteiger partial charge in [-0.15, -0.1) is 11.3 Å². The summed E-state index contributed by atoms with van der Waals surface area (Å²) in [6, 6.07) is 4.96. The molecule has 2 rings (SSSR count). The fourth-order valence-corrected chi connectivity index (χ4v) is 4.15. The van der Waals surface area contributed by atoms with Crippen molar-refractivity contribution >= 4 is 37.3 Å². The second-order valence-corrected chi connectivity index (χ2v) is 6.50. The average molecular weight is 292 g/mol. The second kappa shape index (κ2) is 3.52. The fraction of sp³-hybridized carbons (Fsp3) is 0. The van der Waals surface area contributed by atoms with Gasteiger partial charge in [-0.25, -0.2) is 3.97 Å². The Bertz CT molecular complexity index is 527. The topological polar surface area (TPSA) is 39.1 Å². The predicted molar refractivity (Wildman–Crippen MR) is 59.0 cm³/mol. The van der Waals surface area contributed by atoms with E-state index in [4.69, 9.17) is 0 Å². The minimum atomic E-state index is -3.37. The Labute approximate surface area is 94.2 Å². The average Bonchev–Trinajstić information content (AvgIpc) is 2.72. The Morgan fingerprint density at radius 3 is 2.43 bits per heavy atom. The standard InChI is InChI=1S/C8H6BrNO2S2/c9-7-5-8(13-6-7)14(11,12)10-3-1-2-4-10/h1-6H. The Morgan fingerprint density at radius 1 is 1.29 bits per heavy atom. The van der Waals surface area contributed by atoms with Crippen LogP contribution in [0.3, 0.4) is 0 Å². The molecule has 0 fully saturated rings. The molecule has 6 heteroatoms. The van der Waals surface area contributed by atoms with Crippen molar-refractivity contribution in [1.29, 1.82) is 0 Å². The number of hydrogen-bond donors (Lipinski definition) is 0. The van der Waals surface area contributed by atoms with Crippen LogP contribution in [0.1, 0.15) is 0 Å². The lowest BCUT2D eigenvalue weighted by molar-refractivity contribution is 0.589. The summed E-state index contributed by atoms with van der Waals surface area (Å²) in [5.74, 6) is 0. The third-order valence-electron chi connectivity index (χ3n) is 1.65. The van der Waals surface area contributed by atoms with Crippen LogP contribution in [0.2, 0.25) is 0 Å². The highest BCUT2D eigenvalue weighted by Gasteiger charge is 2.17. The van der Waals surface area contributed by atoms with E-state index in [0.29, 0.717) is 4.21 Å². The zero-order chi connectivity index (χ0) is 10.2. The molecule has 14 heavy (non-hydrogen) atoms. The van der Waals surface area contributed by atoms with Crippen molar-refractivity contribution in [2.24, 2.45) is 0 Å². The van der Waals surface area contributed by atoms with Crippen molar-refractivity contribution in [3.05, 3.63) is 40.4 Å². The maximum absolute atomic E-state index is 11.9. The summed E-state index contributed by atoms with van der Waals surface area (Å²) in [7, 11) is -3.37. The van der Waals surface area contributed by atoms with Gasteiger partial charge in [0, 0.05) is 22.2 Å². The van der Waals surface area contributed by atoms with Crippen molar-refractivity contribution < 1.29 is 8.42 Å². The number of rotatable bonds is 2. The highest BCUT2D eigenvalue weighted by atomic mass is 79.9. The minimum absolute atomic E-state index is 0.334. The van der Waals surface area contributed by atoms with Crippen molar-refractivity contribution in [3.8, 4) is 0 Å². The normalized spacial score (nSPS) is 11.8. The van der Waals surface area contributed by atoms with Crippen LogP contribution in [-0.2, 0) is 10.0 Å². The van der Waals surface area contributed by atoms with Crippen molar-refractivity contribution in [3.63, 3.8) is 0 Å². The monoisotopic (exact) mass is 291 g/mol. The summed E-state index contributed by atoms with van der Waals surface area (Å²) < 4.78 is 26.0. The van der Waals surface area contributed by atoms with Crippen LogP contribution in [0, 0.1) is 0 Å². The molecule has 0 unspecified atom stereocenters. The van der Waals surface area contributed by atoms with Crippen molar-refractivity contribution in [2.45, 2.75) is 4.21 Å². The molecule has 74 valence electrons. The van der Waals surface area contributed by atoms with Gasteiger partial charge in [0.25, 0.3) is 10.0 Å². The molecule has 0 N–H and O–H groups in total. The molecule has 0 saturated carbocycles. The number of aromatic nitrogens is 1. The number of halogens is 1. The van der Waals surface area contributed by atoms with Crippen LogP contribution in [0.25, 0.3) is 0 Å². The highest BCUT2D eigenvalue weighted by Crippen LogP contribution is 2.25. The van der Waals surface area contributed by atoms with Gasteiger partial charge in [0.05, 0.1) is 0 Å². The van der Waals surface area contributed by atoms with Crippen LogP contribution >= 0.6 is 27.3 Å². The van der Waals surface area contributed by atoms with Crippen molar-refractivity contribution in [1.82, 2.24) is 3.97 Å². The first-order valence-electron chi connectivity index (χ1n) is 3.73. The van der Waals surface area contributed by atoms with Gasteiger partial charge in [-0.05, 0) is 34.1 Å². The van der Waals surface area contributed by atoms with E-state index >= 15 is 0 Å². The van der Waals surface area contributed by atoms with Gasteiger partial charge in [0.2, 0.25) is 0 Å². The molecule has 0 spiro atoms. The Morgan fingerprint density at radius 2 is 1.93 bits per heavy atom. The fourth-order valence-electron chi connectivity index (χ4n) is 1.01. The molecule has 3 nitrogen and oxygen atoms in total. The smallest absolute Gasteiger partial charge is 0.248 e. The number of nitrogens with zero attached hydrogens (tertiary/aromatic N) is 1. The lowest BCUT2D eigenvalue weighted by Gasteiger charge is -2.01.